The van der Waals surface area contributed by atoms with E-state index in [1.807, 2.05) is 91.0 Å². The summed E-state index contributed by atoms with van der Waals surface area (Å²) in [4.78, 5) is 29.0. The van der Waals surface area contributed by atoms with E-state index < -0.39 is 41.4 Å². The number of ether oxygens (including phenoxy) is 4. The van der Waals surface area contributed by atoms with Crippen LogP contribution in [0.3, 0.4) is 0 Å². The normalized spacial score (nSPS) is 21.4. The Labute approximate surface area is 262 Å². The van der Waals surface area contributed by atoms with Gasteiger partial charge in [-0.05, 0) is 23.6 Å². The molecular formula is C34H39N3O8. The summed E-state index contributed by atoms with van der Waals surface area (Å²) in [6, 6.07) is 28.9. The maximum Gasteiger partial charge on any atom is 0.351 e. The molecule has 1 aliphatic heterocycles. The first-order chi connectivity index (χ1) is 21.8. The van der Waals surface area contributed by atoms with Crippen molar-refractivity contribution in [3.63, 3.8) is 0 Å². The fourth-order valence-electron chi connectivity index (χ4n) is 6.32. The van der Waals surface area contributed by atoms with Crippen molar-refractivity contribution in [3.05, 3.63) is 130 Å². The molecule has 3 N–H and O–H groups in total. The number of hydrogen-bond donors (Lipinski definition) is 2. The van der Waals surface area contributed by atoms with Gasteiger partial charge in [-0.2, -0.15) is 9.87 Å². The summed E-state index contributed by atoms with van der Waals surface area (Å²) >= 11 is 0. The lowest BCUT2D eigenvalue weighted by Crippen LogP contribution is -2.65. The first kappa shape index (κ1) is 32.5. The van der Waals surface area contributed by atoms with Crippen molar-refractivity contribution < 1.29 is 33.8 Å². The summed E-state index contributed by atoms with van der Waals surface area (Å²) in [7, 11) is 4.37. The highest BCUT2D eigenvalue weighted by molar-refractivity contribution is 5.54. The number of nitrogens with zero attached hydrogens (tertiary/aromatic N) is 2. The molecule has 4 aromatic rings. The van der Waals surface area contributed by atoms with Gasteiger partial charge in [-0.1, -0.05) is 91.0 Å². The van der Waals surface area contributed by atoms with E-state index in [4.69, 9.17) is 34.5 Å². The van der Waals surface area contributed by atoms with Crippen LogP contribution >= 0.6 is 0 Å². The van der Waals surface area contributed by atoms with Crippen molar-refractivity contribution in [3.8, 4) is 0 Å². The topological polar surface area (TPSA) is 137 Å². The van der Waals surface area contributed by atoms with Gasteiger partial charge in [0.15, 0.2) is 6.23 Å². The molecule has 0 radical (unpaired) electrons. The summed E-state index contributed by atoms with van der Waals surface area (Å²) in [5.41, 5.74) is 6.78. The van der Waals surface area contributed by atoms with Gasteiger partial charge < -0.3 is 29.8 Å². The van der Waals surface area contributed by atoms with Crippen LogP contribution in [0.4, 0.5) is 5.82 Å². The van der Waals surface area contributed by atoms with Gasteiger partial charge in [-0.15, -0.1) is 0 Å². The van der Waals surface area contributed by atoms with Crippen LogP contribution in [0.2, 0.25) is 0 Å². The molecular weight excluding hydrogens is 578 g/mol. The predicted octanol–water partition coefficient (Wildman–Crippen LogP) is 3.38. The SMILES string of the molecule is COCCO[C@@H]1[C@H](O)[C@H](C(OC)(OOC)C(c2ccccc2)(c2ccccc2)c2ccccc2)O[C@@H]1n1cc(C)c(N)nc1=O. The van der Waals surface area contributed by atoms with Gasteiger partial charge in [-0.3, -0.25) is 4.57 Å². The van der Waals surface area contributed by atoms with Crippen LogP contribution in [-0.4, -0.2) is 73.3 Å². The summed E-state index contributed by atoms with van der Waals surface area (Å²) in [5, 5.41) is 12.2. The van der Waals surface area contributed by atoms with E-state index in [0.29, 0.717) is 5.56 Å². The van der Waals surface area contributed by atoms with Crippen molar-refractivity contribution in [2.75, 3.05) is 40.3 Å². The number of rotatable bonds is 13. The number of hydrogen-bond acceptors (Lipinski definition) is 10. The number of methoxy groups -OCH3 is 2. The van der Waals surface area contributed by atoms with Gasteiger partial charge in [0.25, 0.3) is 0 Å². The molecule has 1 fully saturated rings. The van der Waals surface area contributed by atoms with Crippen molar-refractivity contribution in [1.82, 2.24) is 9.55 Å². The molecule has 1 aromatic heterocycles. The third-order valence-corrected chi connectivity index (χ3v) is 8.29. The Hall–Kier alpha value is -3.94. The average molecular weight is 618 g/mol. The summed E-state index contributed by atoms with van der Waals surface area (Å²) in [5.74, 6) is -1.84. The number of nitrogen functional groups attached to an aromatic ring is 1. The number of nitrogens with two attached hydrogens (primary N) is 1. The molecule has 1 saturated heterocycles. The van der Waals surface area contributed by atoms with E-state index in [0.717, 1.165) is 16.7 Å². The number of aryl methyl sites for hydroxylation is 1. The molecule has 2 heterocycles. The number of aliphatic hydroxyl groups is 1. The van der Waals surface area contributed by atoms with E-state index in [1.54, 1.807) is 14.0 Å². The highest BCUT2D eigenvalue weighted by Gasteiger charge is 2.68. The molecule has 0 aliphatic carbocycles. The Balaban J connectivity index is 1.81. The largest absolute Gasteiger partial charge is 0.387 e. The van der Waals surface area contributed by atoms with Crippen molar-refractivity contribution in [2.45, 2.75) is 42.7 Å². The van der Waals surface area contributed by atoms with E-state index in [2.05, 4.69) is 4.98 Å². The first-order valence-electron chi connectivity index (χ1n) is 14.6. The van der Waals surface area contributed by atoms with Crippen LogP contribution in [0.25, 0.3) is 0 Å². The zero-order valence-electron chi connectivity index (χ0n) is 25.7. The summed E-state index contributed by atoms with van der Waals surface area (Å²) in [6.45, 7) is 2.06. The molecule has 11 nitrogen and oxygen atoms in total. The van der Waals surface area contributed by atoms with E-state index in [1.165, 1.54) is 25.0 Å². The third-order valence-electron chi connectivity index (χ3n) is 8.29. The monoisotopic (exact) mass is 617 g/mol. The average Bonchev–Trinajstić information content (AvgIpc) is 3.39. The molecule has 0 spiro atoms. The molecule has 1 aliphatic rings. The lowest BCUT2D eigenvalue weighted by Gasteiger charge is -2.51. The quantitative estimate of drug-likeness (QED) is 0.0756. The maximum atomic E-state index is 13.2. The minimum absolute atomic E-state index is 0.0911. The molecule has 5 atom stereocenters. The third kappa shape index (κ3) is 5.68. The van der Waals surface area contributed by atoms with Crippen molar-refractivity contribution >= 4 is 5.82 Å². The van der Waals surface area contributed by atoms with Gasteiger partial charge in [0.2, 0.25) is 5.79 Å². The number of aromatic nitrogens is 2. The molecule has 0 bridgehead atoms. The highest BCUT2D eigenvalue weighted by Crippen LogP contribution is 2.54. The lowest BCUT2D eigenvalue weighted by molar-refractivity contribution is -0.452. The van der Waals surface area contributed by atoms with Crippen LogP contribution in [0.5, 0.6) is 0 Å². The fraction of sp³-hybridized carbons (Fsp3) is 0.353. The fourth-order valence-corrected chi connectivity index (χ4v) is 6.32. The molecule has 0 saturated carbocycles. The Morgan fingerprint density at radius 1 is 0.889 bits per heavy atom. The van der Waals surface area contributed by atoms with Crippen LogP contribution in [-0.2, 0) is 34.1 Å². The van der Waals surface area contributed by atoms with Gasteiger partial charge in [0, 0.05) is 26.0 Å². The molecule has 0 amide bonds. The maximum absolute atomic E-state index is 13.2. The van der Waals surface area contributed by atoms with E-state index in [-0.39, 0.29) is 19.0 Å². The second-order valence-corrected chi connectivity index (χ2v) is 10.7. The minimum Gasteiger partial charge on any atom is -0.387 e. The summed E-state index contributed by atoms with van der Waals surface area (Å²) < 4.78 is 25.8. The Morgan fingerprint density at radius 2 is 1.42 bits per heavy atom. The number of benzene rings is 3. The molecule has 11 heteroatoms. The molecule has 1 unspecified atom stereocenters. The Morgan fingerprint density at radius 3 is 1.89 bits per heavy atom. The first-order valence-corrected chi connectivity index (χ1v) is 14.6. The standard InChI is InChI=1S/C34H39N3O8/c1-23-22-37(32(39)36-30(23)35)31-28(43-21-20-40-2)27(38)29(44-31)34(41-3,45-42-4)33(24-14-8-5-9-15-24,25-16-10-6-11-17-25)26-18-12-7-13-19-26/h5-19,22,27-29,31,38H,20-21H2,1-4H3,(H2,35,36,39)/t27-,28+,29+,31-,34?/m0/s1. The zero-order chi connectivity index (χ0) is 32.0. The Kier molecular flexibility index (Phi) is 10.1. The highest BCUT2D eigenvalue weighted by atomic mass is 17.2. The minimum atomic E-state index is -1.93. The second kappa shape index (κ2) is 14.0. The van der Waals surface area contributed by atoms with Crippen LogP contribution in [0.1, 0.15) is 28.5 Å². The van der Waals surface area contributed by atoms with E-state index in [9.17, 15) is 9.90 Å². The van der Waals surface area contributed by atoms with Crippen LogP contribution in [0, 0.1) is 6.92 Å². The lowest BCUT2D eigenvalue weighted by atomic mass is 9.61. The molecule has 45 heavy (non-hydrogen) atoms. The van der Waals surface area contributed by atoms with Crippen molar-refractivity contribution in [2.24, 2.45) is 0 Å². The second-order valence-electron chi connectivity index (χ2n) is 10.7. The molecule has 238 valence electrons. The van der Waals surface area contributed by atoms with E-state index >= 15 is 0 Å². The van der Waals surface area contributed by atoms with Gasteiger partial charge in [-0.25, -0.2) is 9.68 Å². The summed E-state index contributed by atoms with van der Waals surface area (Å²) in [6.07, 6.45) is -3.44. The number of anilines is 1. The predicted molar refractivity (Wildman–Crippen MR) is 166 cm³/mol. The van der Waals surface area contributed by atoms with Gasteiger partial charge in [0.05, 0.1) is 20.3 Å². The van der Waals surface area contributed by atoms with Crippen LogP contribution < -0.4 is 11.4 Å². The zero-order valence-corrected chi connectivity index (χ0v) is 25.7. The molecule has 3 aromatic carbocycles. The van der Waals surface area contributed by atoms with Crippen LogP contribution in [0.15, 0.2) is 102 Å². The Bertz CT molecular complexity index is 1490. The van der Waals surface area contributed by atoms with Crippen molar-refractivity contribution in [1.29, 1.82) is 0 Å². The number of aliphatic hydroxyl groups excluding tert-OH is 1. The smallest absolute Gasteiger partial charge is 0.351 e. The molecule has 5 rings (SSSR count). The van der Waals surface area contributed by atoms with Gasteiger partial charge >= 0.3 is 5.69 Å². The van der Waals surface area contributed by atoms with Gasteiger partial charge in [0.1, 0.15) is 29.5 Å².